The van der Waals surface area contributed by atoms with E-state index in [1.807, 2.05) is 6.08 Å². The van der Waals surface area contributed by atoms with Crippen LogP contribution in [0.25, 0.3) is 0 Å². The number of esters is 1. The van der Waals surface area contributed by atoms with Crippen LogP contribution >= 0.6 is 0 Å². The summed E-state index contributed by atoms with van der Waals surface area (Å²) in [6.07, 6.45) is 102. The van der Waals surface area contributed by atoms with Gasteiger partial charge in [-0.15, -0.1) is 0 Å². The highest BCUT2D eigenvalue weighted by atomic mass is 16.5. The van der Waals surface area contributed by atoms with Gasteiger partial charge in [0.1, 0.15) is 0 Å². The minimum Gasteiger partial charge on any atom is -0.466 e. The minimum absolute atomic E-state index is 0.00934. The van der Waals surface area contributed by atoms with E-state index < -0.39 is 12.1 Å². The van der Waals surface area contributed by atoms with Crippen molar-refractivity contribution in [1.82, 2.24) is 5.32 Å². The standard InChI is InChI=1S/C81H151NO5/c1-3-5-7-9-11-13-15-17-19-21-23-38-41-45-49-53-57-61-65-69-73-79(84)78(77-83)82-80(85)74-70-66-62-58-54-50-46-42-39-35-33-31-29-27-25-24-26-28-30-32-34-36-40-44-48-52-56-60-64-68-72-76-87-81(86)75-71-67-63-59-55-51-47-43-37-22-20-18-16-14-12-10-8-6-4-2/h12,14,18,20,26,28,32,34,69,73,78-79,83-84H,3-11,13,15-17,19,21-25,27,29-31,33,35-68,70-72,74-77H2,1-2H3,(H,82,85)/b14-12-,20-18-,28-26-,34-32-,73-69+. The van der Waals surface area contributed by atoms with E-state index in [0.29, 0.717) is 19.4 Å². The fourth-order valence-corrected chi connectivity index (χ4v) is 12.1. The number of nitrogens with one attached hydrogen (secondary N) is 1. The van der Waals surface area contributed by atoms with Crippen LogP contribution in [0.15, 0.2) is 60.8 Å². The summed E-state index contributed by atoms with van der Waals surface area (Å²) >= 11 is 0. The van der Waals surface area contributed by atoms with E-state index in [2.05, 4.69) is 67.8 Å². The van der Waals surface area contributed by atoms with Crippen molar-refractivity contribution in [3.8, 4) is 0 Å². The predicted octanol–water partition coefficient (Wildman–Crippen LogP) is 25.8. The monoisotopic (exact) mass is 1220 g/mol. The Morgan fingerprint density at radius 1 is 0.322 bits per heavy atom. The molecule has 6 heteroatoms. The van der Waals surface area contributed by atoms with Crippen LogP contribution in [0.4, 0.5) is 0 Å². The first kappa shape index (κ1) is 84.6. The third-order valence-electron chi connectivity index (χ3n) is 18.0. The molecule has 2 atom stereocenters. The zero-order valence-electron chi connectivity index (χ0n) is 58.5. The van der Waals surface area contributed by atoms with Gasteiger partial charge in [-0.25, -0.2) is 0 Å². The third-order valence-corrected chi connectivity index (χ3v) is 18.0. The van der Waals surface area contributed by atoms with Crippen molar-refractivity contribution < 1.29 is 24.5 Å². The molecule has 0 heterocycles. The molecule has 510 valence electrons. The fraction of sp³-hybridized carbons (Fsp3) is 0.852. The van der Waals surface area contributed by atoms with Gasteiger partial charge in [-0.1, -0.05) is 370 Å². The van der Waals surface area contributed by atoms with Crippen molar-refractivity contribution in [2.24, 2.45) is 0 Å². The van der Waals surface area contributed by atoms with Crippen molar-refractivity contribution in [3.63, 3.8) is 0 Å². The predicted molar refractivity (Wildman–Crippen MR) is 384 cm³/mol. The molecule has 1 amide bonds. The second kappa shape index (κ2) is 76.0. The number of hydrogen-bond acceptors (Lipinski definition) is 5. The first-order chi connectivity index (χ1) is 43.0. The Bertz CT molecular complexity index is 1500. The van der Waals surface area contributed by atoms with E-state index in [1.54, 1.807) is 6.08 Å². The Morgan fingerprint density at radius 2 is 0.575 bits per heavy atom. The molecular formula is C81H151NO5. The molecule has 3 N–H and O–H groups in total. The zero-order valence-corrected chi connectivity index (χ0v) is 58.5. The van der Waals surface area contributed by atoms with E-state index in [-0.39, 0.29) is 18.5 Å². The van der Waals surface area contributed by atoms with Gasteiger partial charge >= 0.3 is 5.97 Å². The summed E-state index contributed by atoms with van der Waals surface area (Å²) in [5, 5.41) is 23.3. The van der Waals surface area contributed by atoms with E-state index in [9.17, 15) is 19.8 Å². The summed E-state index contributed by atoms with van der Waals surface area (Å²) in [6, 6.07) is -0.629. The molecular weight excluding hydrogens is 1070 g/mol. The molecule has 6 nitrogen and oxygen atoms in total. The van der Waals surface area contributed by atoms with Crippen LogP contribution in [-0.4, -0.2) is 47.4 Å². The summed E-state index contributed by atoms with van der Waals surface area (Å²) in [5.74, 6) is -0.0547. The molecule has 87 heavy (non-hydrogen) atoms. The molecule has 2 unspecified atom stereocenters. The first-order valence-electron chi connectivity index (χ1n) is 39.1. The van der Waals surface area contributed by atoms with Gasteiger partial charge in [0.05, 0.1) is 25.4 Å². The van der Waals surface area contributed by atoms with Gasteiger partial charge in [0.15, 0.2) is 0 Å². The number of amides is 1. The average molecular weight is 1220 g/mol. The van der Waals surface area contributed by atoms with E-state index in [0.717, 1.165) is 57.8 Å². The number of carbonyl (C=O) groups is 2. The second-order valence-electron chi connectivity index (χ2n) is 26.7. The average Bonchev–Trinajstić information content (AvgIpc) is 3.53. The Balaban J connectivity index is 3.41. The molecule has 0 bridgehead atoms. The highest BCUT2D eigenvalue weighted by Crippen LogP contribution is 2.19. The SMILES string of the molecule is CCCCC/C=C\C/C=C\CCCCCCCCCCCC(=O)OCCCCCCCCCCC/C=C\C/C=C\CCCCCCCCCCCCCCCCCC(=O)NC(CO)C(O)/C=C/CCCCCCCCCCCCCCCCCCCC. The van der Waals surface area contributed by atoms with Crippen LogP contribution in [0.3, 0.4) is 0 Å². The number of rotatable bonds is 73. The lowest BCUT2D eigenvalue weighted by molar-refractivity contribution is -0.143. The molecule has 0 spiro atoms. The summed E-state index contributed by atoms with van der Waals surface area (Å²) in [4.78, 5) is 24.7. The molecule has 0 aromatic rings. The molecule has 0 radical (unpaired) electrons. The van der Waals surface area contributed by atoms with Gasteiger partial charge in [-0.2, -0.15) is 0 Å². The van der Waals surface area contributed by atoms with E-state index in [4.69, 9.17) is 4.74 Å². The highest BCUT2D eigenvalue weighted by Gasteiger charge is 2.18. The Morgan fingerprint density at radius 3 is 0.897 bits per heavy atom. The number of hydrogen-bond donors (Lipinski definition) is 3. The van der Waals surface area contributed by atoms with E-state index in [1.165, 1.54) is 334 Å². The van der Waals surface area contributed by atoms with Crippen LogP contribution < -0.4 is 5.32 Å². The quantitative estimate of drug-likeness (QED) is 0.0320. The molecule has 0 aliphatic rings. The second-order valence-corrected chi connectivity index (χ2v) is 26.7. The summed E-state index contributed by atoms with van der Waals surface area (Å²) in [7, 11) is 0. The highest BCUT2D eigenvalue weighted by molar-refractivity contribution is 5.76. The Labute approximate surface area is 543 Å². The lowest BCUT2D eigenvalue weighted by atomic mass is 10.0. The number of carbonyl (C=O) groups excluding carboxylic acids is 2. The maximum atomic E-state index is 12.5. The van der Waals surface area contributed by atoms with Crippen molar-refractivity contribution in [2.45, 2.75) is 431 Å². The molecule has 0 rings (SSSR count). The number of aliphatic hydroxyl groups is 2. The van der Waals surface area contributed by atoms with Gasteiger partial charge in [0, 0.05) is 12.8 Å². The van der Waals surface area contributed by atoms with Crippen molar-refractivity contribution in [2.75, 3.05) is 13.2 Å². The van der Waals surface area contributed by atoms with Gasteiger partial charge in [-0.05, 0) is 96.3 Å². The topological polar surface area (TPSA) is 95.9 Å². The molecule has 0 aromatic carbocycles. The number of ether oxygens (including phenoxy) is 1. The molecule has 0 fully saturated rings. The van der Waals surface area contributed by atoms with Gasteiger partial charge < -0.3 is 20.3 Å². The molecule has 0 saturated heterocycles. The maximum Gasteiger partial charge on any atom is 0.305 e. The van der Waals surface area contributed by atoms with Crippen LogP contribution in [0, 0.1) is 0 Å². The van der Waals surface area contributed by atoms with Gasteiger partial charge in [0.25, 0.3) is 0 Å². The van der Waals surface area contributed by atoms with Crippen LogP contribution in [0.1, 0.15) is 418 Å². The largest absolute Gasteiger partial charge is 0.466 e. The summed E-state index contributed by atoms with van der Waals surface area (Å²) < 4.78 is 5.51. The zero-order chi connectivity index (χ0) is 62.8. The fourth-order valence-electron chi connectivity index (χ4n) is 12.1. The maximum absolute atomic E-state index is 12.5. The molecule has 0 saturated carbocycles. The Hall–Kier alpha value is -2.44. The van der Waals surface area contributed by atoms with Crippen LogP contribution in [-0.2, 0) is 14.3 Å². The van der Waals surface area contributed by atoms with Crippen LogP contribution in [0.2, 0.25) is 0 Å². The van der Waals surface area contributed by atoms with Crippen molar-refractivity contribution in [1.29, 1.82) is 0 Å². The normalized spacial score (nSPS) is 12.8. The lowest BCUT2D eigenvalue weighted by Crippen LogP contribution is -2.45. The third kappa shape index (κ3) is 72.5. The molecule has 0 aromatic heterocycles. The number of unbranched alkanes of at least 4 members (excludes halogenated alkanes) is 54. The van der Waals surface area contributed by atoms with Crippen LogP contribution in [0.5, 0.6) is 0 Å². The summed E-state index contributed by atoms with van der Waals surface area (Å²) in [6.45, 7) is 4.91. The first-order valence-corrected chi connectivity index (χ1v) is 39.1. The van der Waals surface area contributed by atoms with E-state index >= 15 is 0 Å². The number of allylic oxidation sites excluding steroid dienone is 9. The summed E-state index contributed by atoms with van der Waals surface area (Å²) in [5.41, 5.74) is 0. The van der Waals surface area contributed by atoms with Crippen molar-refractivity contribution >= 4 is 11.9 Å². The molecule has 0 aliphatic carbocycles. The number of aliphatic hydroxyl groups excluding tert-OH is 2. The van der Waals surface area contributed by atoms with Crippen molar-refractivity contribution in [3.05, 3.63) is 60.8 Å². The lowest BCUT2D eigenvalue weighted by Gasteiger charge is -2.20. The Kier molecular flexibility index (Phi) is 73.9. The molecule has 0 aliphatic heterocycles. The smallest absolute Gasteiger partial charge is 0.305 e. The van der Waals surface area contributed by atoms with Gasteiger partial charge in [-0.3, -0.25) is 9.59 Å². The van der Waals surface area contributed by atoms with Gasteiger partial charge in [0.2, 0.25) is 5.91 Å². The minimum atomic E-state index is -0.846.